The fourth-order valence-electron chi connectivity index (χ4n) is 3.20. The van der Waals surface area contributed by atoms with Crippen molar-refractivity contribution in [3.63, 3.8) is 0 Å². The molecule has 0 spiro atoms. The molecule has 0 aromatic heterocycles. The minimum Gasteiger partial charge on any atom is -0.370 e. The molecule has 1 aromatic rings. The zero-order chi connectivity index (χ0) is 15.2. The second-order valence-corrected chi connectivity index (χ2v) is 6.76. The van der Waals surface area contributed by atoms with Gasteiger partial charge >= 0.3 is 0 Å². The van der Waals surface area contributed by atoms with Crippen LogP contribution in [0.4, 0.5) is 5.69 Å². The zero-order valence-corrected chi connectivity index (χ0v) is 14.2. The Morgan fingerprint density at radius 1 is 1.29 bits per heavy atom. The van der Waals surface area contributed by atoms with Crippen molar-refractivity contribution in [3.8, 4) is 0 Å². The molecule has 1 aromatic carbocycles. The van der Waals surface area contributed by atoms with Gasteiger partial charge in [-0.2, -0.15) is 0 Å². The van der Waals surface area contributed by atoms with Crippen molar-refractivity contribution in [1.29, 1.82) is 0 Å². The molecule has 0 saturated carbocycles. The topological polar surface area (TPSA) is 29.3 Å². The third kappa shape index (κ3) is 4.62. The molecule has 3 heteroatoms. The Bertz CT molecular complexity index is 447. The van der Waals surface area contributed by atoms with E-state index >= 15 is 0 Å². The predicted octanol–water partition coefficient (Wildman–Crippen LogP) is 4.64. The number of hydrogen-bond acceptors (Lipinski definition) is 2. The molecular formula is C18H29ClN2. The van der Waals surface area contributed by atoms with Gasteiger partial charge in [0.15, 0.2) is 0 Å². The molecule has 2 unspecified atom stereocenters. The van der Waals surface area contributed by atoms with E-state index in [-0.39, 0.29) is 6.04 Å². The van der Waals surface area contributed by atoms with Crippen molar-refractivity contribution in [2.75, 3.05) is 18.0 Å². The van der Waals surface area contributed by atoms with Crippen LogP contribution < -0.4 is 10.6 Å². The van der Waals surface area contributed by atoms with E-state index in [2.05, 4.69) is 36.9 Å². The second kappa shape index (κ2) is 8.05. The summed E-state index contributed by atoms with van der Waals surface area (Å²) in [6.45, 7) is 6.69. The van der Waals surface area contributed by atoms with Gasteiger partial charge in [0.25, 0.3) is 0 Å². The van der Waals surface area contributed by atoms with Crippen molar-refractivity contribution >= 4 is 17.3 Å². The fourth-order valence-corrected chi connectivity index (χ4v) is 3.52. The van der Waals surface area contributed by atoms with Crippen LogP contribution in [0.25, 0.3) is 0 Å². The lowest BCUT2D eigenvalue weighted by molar-refractivity contribution is 0.459. The Labute approximate surface area is 134 Å². The summed E-state index contributed by atoms with van der Waals surface area (Å²) in [6, 6.07) is 6.72. The fraction of sp³-hybridized carbons (Fsp3) is 0.667. The highest BCUT2D eigenvalue weighted by molar-refractivity contribution is 6.33. The van der Waals surface area contributed by atoms with Gasteiger partial charge in [-0.25, -0.2) is 0 Å². The van der Waals surface area contributed by atoms with Crippen molar-refractivity contribution < 1.29 is 0 Å². The van der Waals surface area contributed by atoms with Crippen LogP contribution in [0.15, 0.2) is 18.2 Å². The van der Waals surface area contributed by atoms with E-state index in [4.69, 9.17) is 17.3 Å². The first kappa shape index (κ1) is 16.6. The normalized spacial score (nSPS) is 21.1. The third-order valence-corrected chi connectivity index (χ3v) is 5.10. The van der Waals surface area contributed by atoms with Crippen molar-refractivity contribution in [3.05, 3.63) is 28.8 Å². The Morgan fingerprint density at radius 2 is 2.10 bits per heavy atom. The Hall–Kier alpha value is -0.730. The minimum atomic E-state index is 0.232. The summed E-state index contributed by atoms with van der Waals surface area (Å²) in [5, 5.41) is 0.880. The molecule has 2 rings (SSSR count). The van der Waals surface area contributed by atoms with E-state index in [1.807, 2.05) is 0 Å². The van der Waals surface area contributed by atoms with Gasteiger partial charge in [0.1, 0.15) is 0 Å². The van der Waals surface area contributed by atoms with E-state index in [1.165, 1.54) is 36.9 Å². The summed E-state index contributed by atoms with van der Waals surface area (Å²) in [4.78, 5) is 2.46. The highest BCUT2D eigenvalue weighted by Gasteiger charge is 2.18. The number of nitrogens with zero attached hydrogens (tertiary/aromatic N) is 1. The quantitative estimate of drug-likeness (QED) is 0.859. The molecule has 2 atom stereocenters. The number of halogens is 1. The van der Waals surface area contributed by atoms with Gasteiger partial charge in [-0.05, 0) is 55.7 Å². The molecule has 0 amide bonds. The van der Waals surface area contributed by atoms with E-state index in [0.29, 0.717) is 0 Å². The molecule has 2 N–H and O–H groups in total. The van der Waals surface area contributed by atoms with Crippen LogP contribution in [0.3, 0.4) is 0 Å². The molecule has 1 saturated heterocycles. The summed E-state index contributed by atoms with van der Waals surface area (Å²) >= 11 is 6.53. The van der Waals surface area contributed by atoms with E-state index in [1.54, 1.807) is 0 Å². The average Bonchev–Trinajstić information content (AvgIpc) is 2.72. The van der Waals surface area contributed by atoms with Gasteiger partial charge in [0, 0.05) is 19.1 Å². The molecule has 0 bridgehead atoms. The van der Waals surface area contributed by atoms with Crippen molar-refractivity contribution in [2.45, 2.75) is 58.4 Å². The number of benzene rings is 1. The summed E-state index contributed by atoms with van der Waals surface area (Å²) < 4.78 is 0. The van der Waals surface area contributed by atoms with E-state index < -0.39 is 0 Å². The number of rotatable bonds is 5. The minimum absolute atomic E-state index is 0.232. The molecule has 118 valence electrons. The molecular weight excluding hydrogens is 280 g/mol. The van der Waals surface area contributed by atoms with Gasteiger partial charge in [-0.3, -0.25) is 0 Å². The maximum absolute atomic E-state index is 6.53. The van der Waals surface area contributed by atoms with Gasteiger partial charge in [0.2, 0.25) is 0 Å². The predicted molar refractivity (Wildman–Crippen MR) is 93.3 cm³/mol. The second-order valence-electron chi connectivity index (χ2n) is 6.35. The van der Waals surface area contributed by atoms with Crippen LogP contribution in [0.5, 0.6) is 0 Å². The number of nitrogens with two attached hydrogens (primary N) is 1. The van der Waals surface area contributed by atoms with Gasteiger partial charge in [0.05, 0.1) is 10.7 Å². The Morgan fingerprint density at radius 3 is 2.76 bits per heavy atom. The monoisotopic (exact) mass is 308 g/mol. The van der Waals surface area contributed by atoms with Gasteiger partial charge in [-0.1, -0.05) is 37.9 Å². The van der Waals surface area contributed by atoms with Crippen LogP contribution in [0.2, 0.25) is 5.02 Å². The average molecular weight is 309 g/mol. The Kier molecular flexibility index (Phi) is 6.38. The first-order valence-electron chi connectivity index (χ1n) is 8.43. The number of hydrogen-bond donors (Lipinski definition) is 1. The molecule has 0 radical (unpaired) electrons. The molecule has 1 aliphatic rings. The summed E-state index contributed by atoms with van der Waals surface area (Å²) in [6.07, 6.45) is 7.13. The highest BCUT2D eigenvalue weighted by atomic mass is 35.5. The number of anilines is 1. The molecule has 1 fully saturated rings. The maximum Gasteiger partial charge on any atom is 0.0642 e. The SMILES string of the molecule is CCC(N)Cc1ccc(N2CCCC(CC)CC2)c(Cl)c1. The molecule has 1 heterocycles. The van der Waals surface area contributed by atoms with Crippen molar-refractivity contribution in [2.24, 2.45) is 11.7 Å². The molecule has 21 heavy (non-hydrogen) atoms. The third-order valence-electron chi connectivity index (χ3n) is 4.80. The lowest BCUT2D eigenvalue weighted by Gasteiger charge is -2.24. The highest BCUT2D eigenvalue weighted by Crippen LogP contribution is 2.31. The van der Waals surface area contributed by atoms with Crippen LogP contribution in [-0.4, -0.2) is 19.1 Å². The summed E-state index contributed by atoms with van der Waals surface area (Å²) in [5.41, 5.74) is 8.48. The first-order valence-corrected chi connectivity index (χ1v) is 8.80. The summed E-state index contributed by atoms with van der Waals surface area (Å²) in [5.74, 6) is 0.885. The molecule has 1 aliphatic heterocycles. The van der Waals surface area contributed by atoms with E-state index in [9.17, 15) is 0 Å². The van der Waals surface area contributed by atoms with Gasteiger partial charge < -0.3 is 10.6 Å². The molecule has 0 aliphatic carbocycles. The lowest BCUT2D eigenvalue weighted by Crippen LogP contribution is -2.25. The van der Waals surface area contributed by atoms with Gasteiger partial charge in [-0.15, -0.1) is 0 Å². The van der Waals surface area contributed by atoms with Crippen LogP contribution >= 0.6 is 11.6 Å². The van der Waals surface area contributed by atoms with Crippen molar-refractivity contribution in [1.82, 2.24) is 0 Å². The maximum atomic E-state index is 6.53. The standard InChI is InChI=1S/C18H29ClN2/c1-3-14-6-5-10-21(11-9-14)18-8-7-15(13-17(18)19)12-16(20)4-2/h7-8,13-14,16H,3-6,9-12,20H2,1-2H3. The zero-order valence-electron chi connectivity index (χ0n) is 13.4. The van der Waals surface area contributed by atoms with Crippen LogP contribution in [-0.2, 0) is 6.42 Å². The van der Waals surface area contributed by atoms with E-state index in [0.717, 1.165) is 36.9 Å². The van der Waals surface area contributed by atoms with Crippen LogP contribution in [0, 0.1) is 5.92 Å². The van der Waals surface area contributed by atoms with Crippen LogP contribution in [0.1, 0.15) is 51.5 Å². The largest absolute Gasteiger partial charge is 0.370 e. The summed E-state index contributed by atoms with van der Waals surface area (Å²) in [7, 11) is 0. The Balaban J connectivity index is 2.06. The lowest BCUT2D eigenvalue weighted by atomic mass is 9.98. The molecule has 2 nitrogen and oxygen atoms in total. The first-order chi connectivity index (χ1) is 10.1. The smallest absolute Gasteiger partial charge is 0.0642 e.